The van der Waals surface area contributed by atoms with Gasteiger partial charge in [-0.25, -0.2) is 0 Å². The van der Waals surface area contributed by atoms with Crippen molar-refractivity contribution >= 4 is 21.7 Å². The summed E-state index contributed by atoms with van der Waals surface area (Å²) in [6.07, 6.45) is 0.446. The topological polar surface area (TPSA) is 173 Å². The second kappa shape index (κ2) is 17.4. The van der Waals surface area contributed by atoms with Crippen LogP contribution in [0.2, 0.25) is 0 Å². The maximum absolute atomic E-state index is 12.5. The van der Waals surface area contributed by atoms with E-state index in [4.69, 9.17) is 23.9 Å². The van der Waals surface area contributed by atoms with Gasteiger partial charge in [0.05, 0.1) is 56.5 Å². The summed E-state index contributed by atoms with van der Waals surface area (Å²) in [5, 5.41) is 17.7. The standard InChI is InChI=1S/C22H45N3O9S/c1-21(2,19(27)7-6-18(23-5)17-35(29,30)31)24-9-12-33-14-15-34-16-20(28)22(3,4)25-8-11-32-13-10-26/h18,23-26H,6-17H2,1-5H3,(H,29,30,31). The molecule has 0 fully saturated rings. The maximum atomic E-state index is 12.5. The number of ether oxygens (including phenoxy) is 3. The van der Waals surface area contributed by atoms with Crippen LogP contribution in [0.4, 0.5) is 0 Å². The number of carbonyl (C=O) groups is 2. The predicted molar refractivity (Wildman–Crippen MR) is 132 cm³/mol. The molecule has 0 heterocycles. The average Bonchev–Trinajstić information content (AvgIpc) is 2.76. The lowest BCUT2D eigenvalue weighted by molar-refractivity contribution is -0.129. The van der Waals surface area contributed by atoms with E-state index >= 15 is 0 Å². The van der Waals surface area contributed by atoms with Crippen molar-refractivity contribution in [3.05, 3.63) is 0 Å². The first-order valence-corrected chi connectivity index (χ1v) is 13.4. The molecule has 0 saturated carbocycles. The summed E-state index contributed by atoms with van der Waals surface area (Å²) in [6.45, 7) is 9.40. The summed E-state index contributed by atoms with van der Waals surface area (Å²) >= 11 is 0. The summed E-state index contributed by atoms with van der Waals surface area (Å²) in [7, 11) is -2.54. The zero-order chi connectivity index (χ0) is 27.0. The molecule has 5 N–H and O–H groups in total. The Hall–Kier alpha value is -1.03. The lowest BCUT2D eigenvalue weighted by Crippen LogP contribution is -2.49. The van der Waals surface area contributed by atoms with Crippen molar-refractivity contribution in [3.8, 4) is 0 Å². The normalized spacial score (nSPS) is 13.7. The molecule has 0 aromatic heterocycles. The minimum absolute atomic E-state index is 0.0382. The first-order valence-electron chi connectivity index (χ1n) is 11.8. The summed E-state index contributed by atoms with van der Waals surface area (Å²) in [6, 6.07) is -0.507. The number of Topliss-reactive ketones (excluding diaryl/α,β-unsaturated/α-hetero) is 2. The fourth-order valence-corrected chi connectivity index (χ4v) is 3.83. The van der Waals surface area contributed by atoms with Gasteiger partial charge in [-0.3, -0.25) is 14.1 Å². The molecular formula is C22H45N3O9S. The molecule has 0 radical (unpaired) electrons. The molecule has 12 nitrogen and oxygen atoms in total. The molecular weight excluding hydrogens is 482 g/mol. The van der Waals surface area contributed by atoms with Crippen LogP contribution in [0.15, 0.2) is 0 Å². The van der Waals surface area contributed by atoms with Gasteiger partial charge in [-0.1, -0.05) is 0 Å². The van der Waals surface area contributed by atoms with E-state index in [-0.39, 0.29) is 50.8 Å². The molecule has 0 aliphatic rings. The van der Waals surface area contributed by atoms with Gasteiger partial charge in [0.2, 0.25) is 0 Å². The molecule has 0 rings (SSSR count). The third kappa shape index (κ3) is 17.1. The molecule has 0 saturated heterocycles. The average molecular weight is 528 g/mol. The second-order valence-electron chi connectivity index (χ2n) is 9.22. The van der Waals surface area contributed by atoms with E-state index < -0.39 is 33.0 Å². The monoisotopic (exact) mass is 527 g/mol. The highest BCUT2D eigenvalue weighted by atomic mass is 32.2. The highest BCUT2D eigenvalue weighted by Gasteiger charge is 2.28. The number of carbonyl (C=O) groups excluding carboxylic acids is 2. The van der Waals surface area contributed by atoms with E-state index in [1.165, 1.54) is 0 Å². The van der Waals surface area contributed by atoms with Crippen LogP contribution in [0.1, 0.15) is 40.5 Å². The molecule has 13 heteroatoms. The fraction of sp³-hybridized carbons (Fsp3) is 0.909. The first-order chi connectivity index (χ1) is 16.2. The van der Waals surface area contributed by atoms with Crippen molar-refractivity contribution in [2.45, 2.75) is 57.7 Å². The van der Waals surface area contributed by atoms with Crippen LogP contribution in [0, 0.1) is 0 Å². The zero-order valence-corrected chi connectivity index (χ0v) is 22.5. The van der Waals surface area contributed by atoms with Gasteiger partial charge < -0.3 is 35.3 Å². The van der Waals surface area contributed by atoms with Crippen LogP contribution in [0.25, 0.3) is 0 Å². The van der Waals surface area contributed by atoms with E-state index in [9.17, 15) is 18.0 Å². The van der Waals surface area contributed by atoms with Crippen LogP contribution < -0.4 is 16.0 Å². The SMILES string of the molecule is CNC(CCC(=O)C(C)(C)NCCOCCOCC(=O)C(C)(C)NCCOCCO)CS(=O)(=O)O. The van der Waals surface area contributed by atoms with Crippen molar-refractivity contribution in [1.82, 2.24) is 16.0 Å². The molecule has 0 aliphatic heterocycles. The first kappa shape index (κ1) is 34.0. The molecule has 0 aromatic rings. The van der Waals surface area contributed by atoms with Crippen molar-refractivity contribution in [3.63, 3.8) is 0 Å². The molecule has 0 aromatic carbocycles. The molecule has 1 atom stereocenters. The Labute approximate surface area is 209 Å². The van der Waals surface area contributed by atoms with Gasteiger partial charge in [-0.05, 0) is 41.2 Å². The van der Waals surface area contributed by atoms with E-state index in [1.807, 2.05) is 0 Å². The Balaban J connectivity index is 4.01. The molecule has 0 amide bonds. The number of hydrogen-bond acceptors (Lipinski definition) is 11. The van der Waals surface area contributed by atoms with Gasteiger partial charge in [0.15, 0.2) is 11.6 Å². The van der Waals surface area contributed by atoms with E-state index in [0.717, 1.165) is 0 Å². The van der Waals surface area contributed by atoms with Crippen LogP contribution in [-0.4, -0.2) is 119 Å². The Bertz CT molecular complexity index is 715. The molecule has 35 heavy (non-hydrogen) atoms. The fourth-order valence-electron chi connectivity index (χ4n) is 2.98. The number of rotatable bonds is 23. The Kier molecular flexibility index (Phi) is 16.9. The number of nitrogens with one attached hydrogen (secondary N) is 3. The highest BCUT2D eigenvalue weighted by molar-refractivity contribution is 7.85. The van der Waals surface area contributed by atoms with Gasteiger partial charge in [0, 0.05) is 25.6 Å². The minimum Gasteiger partial charge on any atom is -0.394 e. The smallest absolute Gasteiger partial charge is 0.266 e. The number of aliphatic hydroxyl groups is 1. The Morgan fingerprint density at radius 3 is 1.89 bits per heavy atom. The molecule has 1 unspecified atom stereocenters. The second-order valence-corrected chi connectivity index (χ2v) is 10.7. The molecule has 0 bridgehead atoms. The molecule has 0 aliphatic carbocycles. The summed E-state index contributed by atoms with van der Waals surface area (Å²) in [5.41, 5.74) is -1.57. The van der Waals surface area contributed by atoms with Crippen molar-refractivity contribution < 1.29 is 41.9 Å². The number of ketones is 2. The van der Waals surface area contributed by atoms with E-state index in [0.29, 0.717) is 32.9 Å². The molecule has 208 valence electrons. The summed E-state index contributed by atoms with van der Waals surface area (Å²) in [4.78, 5) is 24.8. The van der Waals surface area contributed by atoms with E-state index in [2.05, 4.69) is 16.0 Å². The van der Waals surface area contributed by atoms with Crippen molar-refractivity contribution in [2.75, 3.05) is 72.1 Å². The quantitative estimate of drug-likeness (QED) is 0.0825. The van der Waals surface area contributed by atoms with Gasteiger partial charge in [-0.15, -0.1) is 0 Å². The van der Waals surface area contributed by atoms with Gasteiger partial charge in [-0.2, -0.15) is 8.42 Å². The molecule has 0 spiro atoms. The lowest BCUT2D eigenvalue weighted by Gasteiger charge is -2.26. The third-order valence-electron chi connectivity index (χ3n) is 5.40. The lowest BCUT2D eigenvalue weighted by atomic mass is 9.94. The zero-order valence-electron chi connectivity index (χ0n) is 21.7. The van der Waals surface area contributed by atoms with E-state index in [1.54, 1.807) is 34.7 Å². The van der Waals surface area contributed by atoms with Gasteiger partial charge >= 0.3 is 0 Å². The maximum Gasteiger partial charge on any atom is 0.266 e. The van der Waals surface area contributed by atoms with Crippen molar-refractivity contribution in [2.24, 2.45) is 0 Å². The van der Waals surface area contributed by atoms with Crippen LogP contribution in [-0.2, 0) is 33.9 Å². The summed E-state index contributed by atoms with van der Waals surface area (Å²) in [5.74, 6) is -0.620. The number of aliphatic hydroxyl groups excluding tert-OH is 1. The largest absolute Gasteiger partial charge is 0.394 e. The van der Waals surface area contributed by atoms with Gasteiger partial charge in [0.1, 0.15) is 6.61 Å². The van der Waals surface area contributed by atoms with Crippen LogP contribution in [0.5, 0.6) is 0 Å². The van der Waals surface area contributed by atoms with Crippen LogP contribution in [0.3, 0.4) is 0 Å². The third-order valence-corrected chi connectivity index (χ3v) is 6.23. The Morgan fingerprint density at radius 2 is 1.37 bits per heavy atom. The van der Waals surface area contributed by atoms with Gasteiger partial charge in [0.25, 0.3) is 10.1 Å². The Morgan fingerprint density at radius 1 is 0.857 bits per heavy atom. The predicted octanol–water partition coefficient (Wildman–Crippen LogP) is -0.841. The van der Waals surface area contributed by atoms with Crippen molar-refractivity contribution in [1.29, 1.82) is 0 Å². The highest BCUT2D eigenvalue weighted by Crippen LogP contribution is 2.11. The number of hydrogen-bond donors (Lipinski definition) is 5. The van der Waals surface area contributed by atoms with Crippen LogP contribution >= 0.6 is 0 Å². The summed E-state index contributed by atoms with van der Waals surface area (Å²) < 4.78 is 47.0. The minimum atomic E-state index is -4.11.